The Hall–Kier alpha value is -2.02. The largest absolute Gasteiger partial charge is 0.331 e. The molecule has 7 heteroatoms. The third-order valence-electron chi connectivity index (χ3n) is 4.23. The highest BCUT2D eigenvalue weighted by atomic mass is 16.2. The smallest absolute Gasteiger partial charge is 0.293 e. The van der Waals surface area contributed by atoms with E-state index in [0.717, 1.165) is 30.7 Å². The summed E-state index contributed by atoms with van der Waals surface area (Å²) in [4.78, 5) is 23.3. The van der Waals surface area contributed by atoms with Gasteiger partial charge in [-0.3, -0.25) is 4.79 Å². The molecule has 0 spiro atoms. The third kappa shape index (κ3) is 2.56. The summed E-state index contributed by atoms with van der Waals surface area (Å²) in [6, 6.07) is 1.92. The summed E-state index contributed by atoms with van der Waals surface area (Å²) in [5, 5.41) is 4.33. The summed E-state index contributed by atoms with van der Waals surface area (Å²) < 4.78 is 1.62. The number of aromatic nitrogens is 4. The molecule has 0 saturated carbocycles. The molecule has 3 heterocycles. The number of fused-ring (bicyclic) bond motifs is 1. The molecule has 0 aromatic carbocycles. The van der Waals surface area contributed by atoms with Crippen molar-refractivity contribution in [3.63, 3.8) is 0 Å². The maximum Gasteiger partial charge on any atom is 0.293 e. The van der Waals surface area contributed by atoms with Crippen LogP contribution in [0.2, 0.25) is 0 Å². The van der Waals surface area contributed by atoms with Crippen LogP contribution in [0.5, 0.6) is 0 Å². The van der Waals surface area contributed by atoms with Crippen LogP contribution in [0, 0.1) is 13.8 Å². The van der Waals surface area contributed by atoms with Crippen molar-refractivity contribution in [1.82, 2.24) is 24.5 Å². The lowest BCUT2D eigenvalue weighted by Gasteiger charge is -2.37. The second-order valence-corrected chi connectivity index (χ2v) is 6.11. The molecule has 2 aromatic rings. The Kier molecular flexibility index (Phi) is 3.82. The van der Waals surface area contributed by atoms with Gasteiger partial charge in [0.2, 0.25) is 5.82 Å². The molecule has 3 rings (SSSR count). The fourth-order valence-electron chi connectivity index (χ4n) is 3.14. The zero-order chi connectivity index (χ0) is 15.9. The molecule has 0 bridgehead atoms. The zero-order valence-electron chi connectivity index (χ0n) is 13.3. The molecule has 7 nitrogen and oxygen atoms in total. The van der Waals surface area contributed by atoms with Gasteiger partial charge >= 0.3 is 0 Å². The van der Waals surface area contributed by atoms with Crippen molar-refractivity contribution in [3.05, 3.63) is 23.3 Å². The normalized spacial score (nSPS) is 20.4. The van der Waals surface area contributed by atoms with Crippen molar-refractivity contribution in [2.24, 2.45) is 5.73 Å². The lowest BCUT2D eigenvalue weighted by Crippen LogP contribution is -2.51. The quantitative estimate of drug-likeness (QED) is 0.896. The van der Waals surface area contributed by atoms with E-state index >= 15 is 0 Å². The van der Waals surface area contributed by atoms with Crippen molar-refractivity contribution < 1.29 is 4.79 Å². The second-order valence-electron chi connectivity index (χ2n) is 6.11. The monoisotopic (exact) mass is 302 g/mol. The Morgan fingerprint density at radius 3 is 2.86 bits per heavy atom. The highest BCUT2D eigenvalue weighted by Crippen LogP contribution is 2.21. The van der Waals surface area contributed by atoms with Gasteiger partial charge in [-0.25, -0.2) is 9.50 Å². The molecule has 1 aliphatic rings. The minimum Gasteiger partial charge on any atom is -0.331 e. The molecule has 2 aromatic heterocycles. The number of nitrogens with zero attached hydrogens (tertiary/aromatic N) is 5. The maximum absolute atomic E-state index is 12.8. The molecule has 1 saturated heterocycles. The van der Waals surface area contributed by atoms with E-state index in [1.165, 1.54) is 0 Å². The first-order chi connectivity index (χ1) is 10.5. The fourth-order valence-corrected chi connectivity index (χ4v) is 3.14. The van der Waals surface area contributed by atoms with Crippen LogP contribution in [0.1, 0.15) is 48.2 Å². The third-order valence-corrected chi connectivity index (χ3v) is 4.23. The molecule has 1 aliphatic heterocycles. The van der Waals surface area contributed by atoms with Gasteiger partial charge in [-0.15, -0.1) is 5.10 Å². The Morgan fingerprint density at radius 2 is 2.14 bits per heavy atom. The summed E-state index contributed by atoms with van der Waals surface area (Å²) in [5.74, 6) is 0.522. The summed E-state index contributed by atoms with van der Waals surface area (Å²) in [7, 11) is 0. The fraction of sp³-hybridized carbons (Fsp3) is 0.600. The van der Waals surface area contributed by atoms with E-state index in [2.05, 4.69) is 15.1 Å². The predicted molar refractivity (Wildman–Crippen MR) is 82.6 cm³/mol. The van der Waals surface area contributed by atoms with Crippen LogP contribution in [0.15, 0.2) is 6.07 Å². The minimum absolute atomic E-state index is 0.0524. The number of aryl methyl sites for hydroxylation is 2. The second kappa shape index (κ2) is 5.64. The van der Waals surface area contributed by atoms with Gasteiger partial charge in [0.15, 0.2) is 0 Å². The van der Waals surface area contributed by atoms with Gasteiger partial charge in [0, 0.05) is 30.0 Å². The molecule has 2 N–H and O–H groups in total. The highest BCUT2D eigenvalue weighted by Gasteiger charge is 2.32. The number of rotatable bonds is 2. The van der Waals surface area contributed by atoms with Crippen molar-refractivity contribution in [2.45, 2.75) is 52.1 Å². The maximum atomic E-state index is 12.8. The minimum atomic E-state index is -0.149. The van der Waals surface area contributed by atoms with Crippen molar-refractivity contribution in [2.75, 3.05) is 6.54 Å². The van der Waals surface area contributed by atoms with Gasteiger partial charge in [0.05, 0.1) is 0 Å². The topological polar surface area (TPSA) is 89.4 Å². The molecule has 1 amide bonds. The summed E-state index contributed by atoms with van der Waals surface area (Å²) >= 11 is 0. The summed E-state index contributed by atoms with van der Waals surface area (Å²) in [5.41, 5.74) is 7.82. The molecule has 1 fully saturated rings. The van der Waals surface area contributed by atoms with Crippen LogP contribution >= 0.6 is 0 Å². The number of carbonyl (C=O) groups excluding carboxylic acids is 1. The molecular weight excluding hydrogens is 280 g/mol. The molecule has 0 radical (unpaired) electrons. The summed E-state index contributed by atoms with van der Waals surface area (Å²) in [6.07, 6.45) is 3.04. The number of amides is 1. The summed E-state index contributed by atoms with van der Waals surface area (Å²) in [6.45, 7) is 6.49. The predicted octanol–water partition coefficient (Wildman–Crippen LogP) is 1.08. The van der Waals surface area contributed by atoms with Gasteiger partial charge in [-0.1, -0.05) is 0 Å². The van der Waals surface area contributed by atoms with Crippen molar-refractivity contribution in [3.8, 4) is 0 Å². The average Bonchev–Trinajstić information content (AvgIpc) is 2.90. The van der Waals surface area contributed by atoms with Crippen LogP contribution < -0.4 is 5.73 Å². The van der Waals surface area contributed by atoms with Crippen LogP contribution in [-0.4, -0.2) is 49.0 Å². The number of carbonyl (C=O) groups is 1. The van der Waals surface area contributed by atoms with Gasteiger partial charge < -0.3 is 10.6 Å². The van der Waals surface area contributed by atoms with Crippen LogP contribution in [0.3, 0.4) is 0 Å². The first kappa shape index (κ1) is 14.9. The first-order valence-electron chi connectivity index (χ1n) is 7.75. The lowest BCUT2D eigenvalue weighted by atomic mass is 9.97. The van der Waals surface area contributed by atoms with Crippen LogP contribution in [0.25, 0.3) is 5.78 Å². The first-order valence-corrected chi connectivity index (χ1v) is 7.75. The van der Waals surface area contributed by atoms with E-state index in [1.807, 2.05) is 31.7 Å². The number of hydrogen-bond acceptors (Lipinski definition) is 5. The van der Waals surface area contributed by atoms with Gasteiger partial charge in [-0.2, -0.15) is 4.98 Å². The Labute approximate surface area is 129 Å². The van der Waals surface area contributed by atoms with Crippen molar-refractivity contribution >= 4 is 11.7 Å². The molecule has 118 valence electrons. The van der Waals surface area contributed by atoms with E-state index in [1.54, 1.807) is 4.52 Å². The standard InChI is InChI=1S/C15H22N6O/c1-9-8-10(2)21-15(17-9)18-13(19-21)14(22)20-7-5-4-6-12(20)11(3)16/h8,11-12H,4-7,16H2,1-3H3. The number of piperidine rings is 1. The van der Waals surface area contributed by atoms with Gasteiger partial charge in [0.1, 0.15) is 0 Å². The van der Waals surface area contributed by atoms with E-state index in [9.17, 15) is 4.79 Å². The molecule has 22 heavy (non-hydrogen) atoms. The molecular formula is C15H22N6O. The Bertz CT molecular complexity index is 707. The van der Waals surface area contributed by atoms with E-state index in [4.69, 9.17) is 5.73 Å². The SMILES string of the molecule is Cc1cc(C)n2nc(C(=O)N3CCCCC3C(C)N)nc2n1. The van der Waals surface area contributed by atoms with Gasteiger partial charge in [-0.05, 0) is 46.1 Å². The molecule has 2 atom stereocenters. The van der Waals surface area contributed by atoms with Crippen LogP contribution in [-0.2, 0) is 0 Å². The average molecular weight is 302 g/mol. The van der Waals surface area contributed by atoms with Crippen LogP contribution in [0.4, 0.5) is 0 Å². The van der Waals surface area contributed by atoms with Gasteiger partial charge in [0.25, 0.3) is 11.7 Å². The number of likely N-dealkylation sites (tertiary alicyclic amines) is 1. The van der Waals surface area contributed by atoms with E-state index < -0.39 is 0 Å². The van der Waals surface area contributed by atoms with Crippen molar-refractivity contribution in [1.29, 1.82) is 0 Å². The number of hydrogen-bond donors (Lipinski definition) is 1. The van der Waals surface area contributed by atoms with E-state index in [0.29, 0.717) is 12.3 Å². The molecule has 2 unspecified atom stereocenters. The Balaban J connectivity index is 1.96. The molecule has 0 aliphatic carbocycles. The lowest BCUT2D eigenvalue weighted by molar-refractivity contribution is 0.0571. The Morgan fingerprint density at radius 1 is 1.36 bits per heavy atom. The van der Waals surface area contributed by atoms with E-state index in [-0.39, 0.29) is 23.8 Å². The highest BCUT2D eigenvalue weighted by molar-refractivity contribution is 5.91. The number of nitrogens with two attached hydrogens (primary N) is 1. The zero-order valence-corrected chi connectivity index (χ0v) is 13.3.